The van der Waals surface area contributed by atoms with E-state index in [9.17, 15) is 9.59 Å². The van der Waals surface area contributed by atoms with Crippen molar-refractivity contribution in [1.29, 1.82) is 0 Å². The molecule has 1 N–H and O–H groups in total. The predicted octanol–water partition coefficient (Wildman–Crippen LogP) is 1.14. The maximum absolute atomic E-state index is 12.4. The summed E-state index contributed by atoms with van der Waals surface area (Å²) in [4.78, 5) is 27.1. The molecule has 1 aromatic carbocycles. The van der Waals surface area contributed by atoms with Crippen LogP contribution in [0.2, 0.25) is 0 Å². The van der Waals surface area contributed by atoms with E-state index in [0.717, 1.165) is 10.9 Å². The number of rotatable bonds is 4. The molecule has 0 aliphatic carbocycles. The Kier molecular flexibility index (Phi) is 3.34. The first-order valence-electron chi connectivity index (χ1n) is 6.31. The Bertz CT molecular complexity index is 895. The third kappa shape index (κ3) is 2.30. The summed E-state index contributed by atoms with van der Waals surface area (Å²) in [6.45, 7) is -0.477. The summed E-state index contributed by atoms with van der Waals surface area (Å²) in [5.74, 6) is -0.469. The highest BCUT2D eigenvalue weighted by atomic mass is 16.5. The van der Waals surface area contributed by atoms with E-state index in [-0.39, 0.29) is 11.1 Å². The molecule has 0 bridgehead atoms. The largest absolute Gasteiger partial charge is 0.497 e. The Hall–Kier alpha value is -3.16. The minimum absolute atomic E-state index is 0.0671. The highest BCUT2D eigenvalue weighted by molar-refractivity contribution is 5.88. The molecule has 0 aliphatic heterocycles. The van der Waals surface area contributed by atoms with Crippen LogP contribution in [0.25, 0.3) is 22.4 Å². The lowest BCUT2D eigenvalue weighted by molar-refractivity contribution is -0.137. The number of carbonyl (C=O) groups is 1. The number of ether oxygens (including phenoxy) is 1. The molecule has 0 atom stereocenters. The van der Waals surface area contributed by atoms with Gasteiger partial charge in [0.05, 0.1) is 7.11 Å². The number of nitrogens with zero attached hydrogens (tertiary/aromatic N) is 3. The first-order valence-corrected chi connectivity index (χ1v) is 6.31. The standard InChI is InChI=1S/C14H11N3O5/c1-21-9-4-2-8(3-5-9)12-11-13(22-16-12)15-7-17(14(11)20)6-10(18)19/h2-5,7H,6H2,1H3,(H,18,19). The van der Waals surface area contributed by atoms with Crippen molar-refractivity contribution in [2.24, 2.45) is 0 Å². The van der Waals surface area contributed by atoms with Crippen LogP contribution in [0.4, 0.5) is 0 Å². The molecule has 112 valence electrons. The fraction of sp³-hybridized carbons (Fsp3) is 0.143. The molecule has 2 heterocycles. The van der Waals surface area contributed by atoms with Crippen LogP contribution in [0.3, 0.4) is 0 Å². The van der Waals surface area contributed by atoms with E-state index in [2.05, 4.69) is 10.1 Å². The van der Waals surface area contributed by atoms with Crippen molar-refractivity contribution in [1.82, 2.24) is 14.7 Å². The van der Waals surface area contributed by atoms with Crippen LogP contribution in [0.5, 0.6) is 5.75 Å². The van der Waals surface area contributed by atoms with Crippen molar-refractivity contribution in [2.75, 3.05) is 7.11 Å². The van der Waals surface area contributed by atoms with Crippen LogP contribution in [0.15, 0.2) is 39.9 Å². The van der Waals surface area contributed by atoms with E-state index in [1.165, 1.54) is 0 Å². The lowest BCUT2D eigenvalue weighted by Crippen LogP contribution is -2.24. The lowest BCUT2D eigenvalue weighted by Gasteiger charge is -2.02. The van der Waals surface area contributed by atoms with Gasteiger partial charge in [-0.05, 0) is 24.3 Å². The molecule has 8 nitrogen and oxygen atoms in total. The van der Waals surface area contributed by atoms with Crippen LogP contribution < -0.4 is 10.3 Å². The topological polar surface area (TPSA) is 107 Å². The zero-order chi connectivity index (χ0) is 15.7. The number of aromatic nitrogens is 3. The zero-order valence-corrected chi connectivity index (χ0v) is 11.5. The SMILES string of the molecule is COc1ccc(-c2noc3ncn(CC(=O)O)c(=O)c23)cc1. The van der Waals surface area contributed by atoms with E-state index in [1.54, 1.807) is 31.4 Å². The van der Waals surface area contributed by atoms with Crippen molar-refractivity contribution < 1.29 is 19.2 Å². The van der Waals surface area contributed by atoms with Crippen LogP contribution >= 0.6 is 0 Å². The highest BCUT2D eigenvalue weighted by Gasteiger charge is 2.17. The molecular weight excluding hydrogens is 290 g/mol. The maximum atomic E-state index is 12.4. The molecule has 0 radical (unpaired) electrons. The number of benzene rings is 1. The number of hydrogen-bond acceptors (Lipinski definition) is 6. The second kappa shape index (κ2) is 5.32. The van der Waals surface area contributed by atoms with Gasteiger partial charge in [-0.2, -0.15) is 0 Å². The highest BCUT2D eigenvalue weighted by Crippen LogP contribution is 2.25. The molecule has 3 aromatic rings. The molecule has 0 saturated heterocycles. The molecule has 0 unspecified atom stereocenters. The van der Waals surface area contributed by atoms with Gasteiger partial charge in [0, 0.05) is 5.56 Å². The van der Waals surface area contributed by atoms with Crippen LogP contribution in [-0.2, 0) is 11.3 Å². The van der Waals surface area contributed by atoms with Crippen LogP contribution in [0, 0.1) is 0 Å². The Morgan fingerprint density at radius 2 is 2.09 bits per heavy atom. The number of carboxylic acids is 1. The van der Waals surface area contributed by atoms with Crippen LogP contribution in [-0.4, -0.2) is 32.9 Å². The third-order valence-corrected chi connectivity index (χ3v) is 3.13. The summed E-state index contributed by atoms with van der Waals surface area (Å²) < 4.78 is 11.1. The van der Waals surface area contributed by atoms with E-state index in [4.69, 9.17) is 14.4 Å². The molecule has 8 heteroatoms. The average Bonchev–Trinajstić information content (AvgIpc) is 2.94. The number of methoxy groups -OCH3 is 1. The zero-order valence-electron chi connectivity index (χ0n) is 11.5. The molecule has 0 amide bonds. The van der Waals surface area contributed by atoms with Crippen LogP contribution in [0.1, 0.15) is 0 Å². The molecule has 22 heavy (non-hydrogen) atoms. The van der Waals surface area contributed by atoms with Crippen molar-refractivity contribution >= 4 is 17.1 Å². The molecule has 0 saturated carbocycles. The quantitative estimate of drug-likeness (QED) is 0.770. The van der Waals surface area contributed by atoms with Gasteiger partial charge in [-0.25, -0.2) is 4.98 Å². The van der Waals surface area contributed by atoms with Gasteiger partial charge in [0.2, 0.25) is 0 Å². The molecule has 0 spiro atoms. The van der Waals surface area contributed by atoms with Crippen molar-refractivity contribution in [3.8, 4) is 17.0 Å². The molecular formula is C14H11N3O5. The number of aliphatic carboxylic acids is 1. The van der Waals surface area contributed by atoms with Gasteiger partial charge < -0.3 is 14.4 Å². The van der Waals surface area contributed by atoms with Gasteiger partial charge in [0.15, 0.2) is 0 Å². The smallest absolute Gasteiger partial charge is 0.323 e. The first kappa shape index (κ1) is 13.8. The van der Waals surface area contributed by atoms with Crippen molar-refractivity contribution in [2.45, 2.75) is 6.54 Å². The second-order valence-corrected chi connectivity index (χ2v) is 4.51. The average molecular weight is 301 g/mol. The number of hydrogen-bond donors (Lipinski definition) is 1. The first-order chi connectivity index (χ1) is 10.6. The molecule has 3 rings (SSSR count). The normalized spacial score (nSPS) is 10.8. The summed E-state index contributed by atoms with van der Waals surface area (Å²) in [5, 5.41) is 12.8. The fourth-order valence-electron chi connectivity index (χ4n) is 2.08. The van der Waals surface area contributed by atoms with Gasteiger partial charge in [0.25, 0.3) is 11.3 Å². The summed E-state index contributed by atoms with van der Waals surface area (Å²) in [5.41, 5.74) is 0.512. The van der Waals surface area contributed by atoms with Gasteiger partial charge in [-0.3, -0.25) is 14.2 Å². The second-order valence-electron chi connectivity index (χ2n) is 4.51. The minimum atomic E-state index is -1.13. The monoisotopic (exact) mass is 301 g/mol. The lowest BCUT2D eigenvalue weighted by atomic mass is 10.1. The van der Waals surface area contributed by atoms with Crippen molar-refractivity contribution in [3.05, 3.63) is 40.9 Å². The van der Waals surface area contributed by atoms with Gasteiger partial charge >= 0.3 is 5.97 Å². The Labute approximate surface area is 123 Å². The third-order valence-electron chi connectivity index (χ3n) is 3.13. The summed E-state index contributed by atoms with van der Waals surface area (Å²) >= 11 is 0. The predicted molar refractivity (Wildman–Crippen MR) is 75.7 cm³/mol. The molecule has 0 aliphatic rings. The molecule has 2 aromatic heterocycles. The van der Waals surface area contributed by atoms with E-state index < -0.39 is 18.1 Å². The van der Waals surface area contributed by atoms with E-state index in [1.807, 2.05) is 0 Å². The minimum Gasteiger partial charge on any atom is -0.497 e. The number of fused-ring (bicyclic) bond motifs is 1. The summed E-state index contributed by atoms with van der Waals surface area (Å²) in [6, 6.07) is 6.90. The van der Waals surface area contributed by atoms with Gasteiger partial charge in [-0.15, -0.1) is 0 Å². The van der Waals surface area contributed by atoms with Gasteiger partial charge in [0.1, 0.15) is 29.7 Å². The summed E-state index contributed by atoms with van der Waals surface area (Å²) in [7, 11) is 1.55. The molecule has 0 fully saturated rings. The summed E-state index contributed by atoms with van der Waals surface area (Å²) in [6.07, 6.45) is 1.13. The number of carboxylic acid groups (broad SMARTS) is 1. The Balaban J connectivity index is 2.17. The Morgan fingerprint density at radius 3 is 2.73 bits per heavy atom. The van der Waals surface area contributed by atoms with Crippen molar-refractivity contribution in [3.63, 3.8) is 0 Å². The van der Waals surface area contributed by atoms with Gasteiger partial charge in [-0.1, -0.05) is 5.16 Å². The fourth-order valence-corrected chi connectivity index (χ4v) is 2.08. The van der Waals surface area contributed by atoms with E-state index in [0.29, 0.717) is 17.0 Å². The maximum Gasteiger partial charge on any atom is 0.323 e. The Morgan fingerprint density at radius 1 is 1.36 bits per heavy atom. The van der Waals surface area contributed by atoms with E-state index >= 15 is 0 Å².